The van der Waals surface area contributed by atoms with Gasteiger partial charge in [-0.15, -0.1) is 0 Å². The summed E-state index contributed by atoms with van der Waals surface area (Å²) < 4.78 is 0. The van der Waals surface area contributed by atoms with Gasteiger partial charge in [0.1, 0.15) is 0 Å². The van der Waals surface area contributed by atoms with Crippen LogP contribution in [-0.4, -0.2) is 11.1 Å². The minimum Gasteiger partial charge on any atom is -0.481 e. The van der Waals surface area contributed by atoms with Crippen LogP contribution in [0.1, 0.15) is 14.4 Å². The first kappa shape index (κ1) is 18.0. The molecule has 40 valence electrons. The Kier molecular flexibility index (Phi) is 26.5. The highest BCUT2D eigenvalue weighted by atomic mass is 16.4. The summed E-state index contributed by atoms with van der Waals surface area (Å²) in [4.78, 5) is 9.00. The number of hydrogen-bond donors (Lipinski definition) is 2. The molecule has 0 heterocycles. The molecule has 0 spiro atoms. The van der Waals surface area contributed by atoms with Crippen LogP contribution in [0, 0.1) is 0 Å². The largest absolute Gasteiger partial charge is 0.481 e. The average molecular weight is 93.1 g/mol. The number of carbonyl (C=O) groups is 1. The van der Waals surface area contributed by atoms with Crippen LogP contribution in [-0.2, 0) is 4.79 Å². The van der Waals surface area contributed by atoms with Gasteiger partial charge in [-0.2, -0.15) is 0 Å². The molecule has 0 aromatic rings. The second-order valence-electron chi connectivity index (χ2n) is 0.519. The highest BCUT2D eigenvalue weighted by molar-refractivity contribution is 5.62. The van der Waals surface area contributed by atoms with Crippen molar-refractivity contribution < 1.29 is 9.90 Å². The second kappa shape index (κ2) is 8.83. The fraction of sp³-hybridized carbons (Fsp3) is 0.667. The van der Waals surface area contributed by atoms with Gasteiger partial charge in [-0.25, -0.2) is 0 Å². The first-order valence-corrected chi connectivity index (χ1v) is 0.928. The Labute approximate surface area is 37.6 Å². The lowest BCUT2D eigenvalue weighted by Gasteiger charge is -1.59. The topological polar surface area (TPSA) is 72.3 Å². The van der Waals surface area contributed by atoms with Crippen molar-refractivity contribution in [3.8, 4) is 0 Å². The van der Waals surface area contributed by atoms with Crippen LogP contribution in [0.15, 0.2) is 0 Å². The molecule has 4 N–H and O–H groups in total. The maximum absolute atomic E-state index is 9.00. The summed E-state index contributed by atoms with van der Waals surface area (Å²) in [6.45, 7) is 1.08. The third-order valence-corrected chi connectivity index (χ3v) is 0. The molecule has 0 saturated carbocycles. The van der Waals surface area contributed by atoms with Gasteiger partial charge in [0.2, 0.25) is 0 Å². The summed E-state index contributed by atoms with van der Waals surface area (Å²) in [5.41, 5.74) is 0. The van der Waals surface area contributed by atoms with E-state index in [4.69, 9.17) is 9.90 Å². The van der Waals surface area contributed by atoms with Crippen molar-refractivity contribution in [1.29, 1.82) is 0 Å². The molecular formula is C3H11NO2. The van der Waals surface area contributed by atoms with E-state index in [0.29, 0.717) is 0 Å². The van der Waals surface area contributed by atoms with Crippen LogP contribution in [0.4, 0.5) is 0 Å². The molecule has 0 aromatic carbocycles. The number of hydrogen-bond acceptors (Lipinski definition) is 2. The van der Waals surface area contributed by atoms with Crippen molar-refractivity contribution in [3.05, 3.63) is 0 Å². The quantitative estimate of drug-likeness (QED) is 0.467. The van der Waals surface area contributed by atoms with Gasteiger partial charge in [-0.05, 0) is 0 Å². The van der Waals surface area contributed by atoms with Gasteiger partial charge in [-0.1, -0.05) is 7.43 Å². The van der Waals surface area contributed by atoms with Crippen LogP contribution in [0.3, 0.4) is 0 Å². The first-order valence-electron chi connectivity index (χ1n) is 0.928. The van der Waals surface area contributed by atoms with Crippen molar-refractivity contribution in [2.75, 3.05) is 0 Å². The van der Waals surface area contributed by atoms with Crippen LogP contribution < -0.4 is 6.15 Å². The van der Waals surface area contributed by atoms with Crippen LogP contribution in [0.5, 0.6) is 0 Å². The maximum atomic E-state index is 9.00. The molecule has 0 rings (SSSR count). The van der Waals surface area contributed by atoms with E-state index in [1.165, 1.54) is 0 Å². The lowest BCUT2D eigenvalue weighted by molar-refractivity contribution is -0.134. The molecule has 6 heavy (non-hydrogen) atoms. The Morgan fingerprint density at radius 2 is 1.67 bits per heavy atom. The fourth-order valence-electron chi connectivity index (χ4n) is 0. The normalized spacial score (nSPS) is 4.17. The number of carboxylic acid groups (broad SMARTS) is 1. The standard InChI is InChI=1S/C2H4O2.CH4.H3N/c1-2(3)4;;/h1H3,(H,3,4);1H4;1H3. The summed E-state index contributed by atoms with van der Waals surface area (Å²) >= 11 is 0. The second-order valence-corrected chi connectivity index (χ2v) is 0.519. The maximum Gasteiger partial charge on any atom is 0.300 e. The van der Waals surface area contributed by atoms with Gasteiger partial charge < -0.3 is 11.3 Å². The minimum absolute atomic E-state index is 0. The molecule has 0 fully saturated rings. The monoisotopic (exact) mass is 93.1 g/mol. The van der Waals surface area contributed by atoms with E-state index in [1.807, 2.05) is 0 Å². The number of carboxylic acids is 1. The first-order chi connectivity index (χ1) is 1.73. The zero-order valence-corrected chi connectivity index (χ0v) is 3.06. The smallest absolute Gasteiger partial charge is 0.300 e. The third kappa shape index (κ3) is 62.3. The molecule has 0 aromatic heterocycles. The van der Waals surface area contributed by atoms with E-state index in [0.717, 1.165) is 6.92 Å². The van der Waals surface area contributed by atoms with Crippen LogP contribution >= 0.6 is 0 Å². The van der Waals surface area contributed by atoms with Gasteiger partial charge in [-0.3, -0.25) is 4.79 Å². The van der Waals surface area contributed by atoms with E-state index in [1.54, 1.807) is 0 Å². The summed E-state index contributed by atoms with van der Waals surface area (Å²) in [5.74, 6) is -0.833. The molecule has 0 aliphatic rings. The lowest BCUT2D eigenvalue weighted by Crippen LogP contribution is -1.78. The molecule has 0 aliphatic heterocycles. The Morgan fingerprint density at radius 3 is 1.67 bits per heavy atom. The molecule has 0 aliphatic carbocycles. The Balaban J connectivity index is -0.0000000450. The highest BCUT2D eigenvalue weighted by Crippen LogP contribution is 1.42. The van der Waals surface area contributed by atoms with Gasteiger partial charge in [0.25, 0.3) is 5.97 Å². The van der Waals surface area contributed by atoms with Crippen LogP contribution in [0.2, 0.25) is 0 Å². The molecule has 0 atom stereocenters. The zero-order valence-electron chi connectivity index (χ0n) is 3.06. The zero-order chi connectivity index (χ0) is 3.58. The number of rotatable bonds is 0. The van der Waals surface area contributed by atoms with Gasteiger partial charge >= 0.3 is 0 Å². The van der Waals surface area contributed by atoms with Crippen molar-refractivity contribution in [1.82, 2.24) is 6.15 Å². The Morgan fingerprint density at radius 1 is 1.67 bits per heavy atom. The van der Waals surface area contributed by atoms with Crippen LogP contribution in [0.25, 0.3) is 0 Å². The molecule has 0 amide bonds. The van der Waals surface area contributed by atoms with Gasteiger partial charge in [0, 0.05) is 6.92 Å². The van der Waals surface area contributed by atoms with E-state index >= 15 is 0 Å². The predicted octanol–water partition coefficient (Wildman–Crippen LogP) is 0.889. The Bertz CT molecular complexity index is 31.8. The summed E-state index contributed by atoms with van der Waals surface area (Å²) in [7, 11) is 0. The van der Waals surface area contributed by atoms with Crippen molar-refractivity contribution in [3.63, 3.8) is 0 Å². The van der Waals surface area contributed by atoms with E-state index < -0.39 is 5.97 Å². The third-order valence-electron chi connectivity index (χ3n) is 0. The summed E-state index contributed by atoms with van der Waals surface area (Å²) in [6, 6.07) is 0. The number of aliphatic carboxylic acids is 1. The molecular weight excluding hydrogens is 82.0 g/mol. The SMILES string of the molecule is C.CC(=O)O.N. The fourth-order valence-corrected chi connectivity index (χ4v) is 0. The lowest BCUT2D eigenvalue weighted by atomic mass is 10.9. The van der Waals surface area contributed by atoms with E-state index in [9.17, 15) is 0 Å². The van der Waals surface area contributed by atoms with Crippen molar-refractivity contribution >= 4 is 5.97 Å². The van der Waals surface area contributed by atoms with Crippen molar-refractivity contribution in [2.45, 2.75) is 14.4 Å². The van der Waals surface area contributed by atoms with E-state index in [2.05, 4.69) is 0 Å². The van der Waals surface area contributed by atoms with Crippen molar-refractivity contribution in [2.24, 2.45) is 0 Å². The molecule has 3 nitrogen and oxygen atoms in total. The van der Waals surface area contributed by atoms with Gasteiger partial charge in [0.15, 0.2) is 0 Å². The van der Waals surface area contributed by atoms with E-state index in [-0.39, 0.29) is 13.6 Å². The molecule has 0 bridgehead atoms. The predicted molar refractivity (Wildman–Crippen MR) is 25.1 cm³/mol. The summed E-state index contributed by atoms with van der Waals surface area (Å²) in [5, 5.41) is 7.42. The van der Waals surface area contributed by atoms with Gasteiger partial charge in [0.05, 0.1) is 0 Å². The Hall–Kier alpha value is -0.570. The molecule has 0 radical (unpaired) electrons. The summed E-state index contributed by atoms with van der Waals surface area (Å²) in [6.07, 6.45) is 0. The average Bonchev–Trinajstić information content (AvgIpc) is 0.811. The molecule has 0 saturated heterocycles. The molecule has 3 heteroatoms. The molecule has 0 unspecified atom stereocenters. The highest BCUT2D eigenvalue weighted by Gasteiger charge is 1.65. The minimum atomic E-state index is -0.833.